The van der Waals surface area contributed by atoms with Gasteiger partial charge >= 0.3 is 5.97 Å². The Morgan fingerprint density at radius 1 is 0.838 bits per heavy atom. The lowest BCUT2D eigenvalue weighted by Crippen LogP contribution is -2.10. The Balaban J connectivity index is 1.54. The monoisotopic (exact) mass is 509 g/mol. The molecule has 0 saturated heterocycles. The molecule has 6 heteroatoms. The molecule has 0 unspecified atom stereocenters. The van der Waals surface area contributed by atoms with E-state index < -0.39 is 0 Å². The molecule has 0 aliphatic heterocycles. The Hall–Kier alpha value is -4.35. The fourth-order valence-electron chi connectivity index (χ4n) is 4.45. The van der Waals surface area contributed by atoms with E-state index in [9.17, 15) is 14.7 Å². The van der Waals surface area contributed by atoms with Gasteiger partial charge in [-0.2, -0.15) is 0 Å². The van der Waals surface area contributed by atoms with Gasteiger partial charge in [-0.15, -0.1) is 0 Å². The Morgan fingerprint density at radius 2 is 1.57 bits per heavy atom. The molecule has 2 N–H and O–H groups in total. The summed E-state index contributed by atoms with van der Waals surface area (Å²) in [6, 6.07) is 27.9. The SMILES string of the molecule is CCOC(=O)Cc1cccc(-c2cc3cc(-c4ccc(-c5ccccc5)c(O)c4)c(Cl)cc3[nH]c2=O)c1. The summed E-state index contributed by atoms with van der Waals surface area (Å²) in [7, 11) is 0. The number of nitrogens with one attached hydrogen (secondary N) is 1. The Labute approximate surface area is 218 Å². The van der Waals surface area contributed by atoms with Crippen LogP contribution >= 0.6 is 11.6 Å². The molecule has 4 aromatic carbocycles. The first-order valence-corrected chi connectivity index (χ1v) is 12.3. The van der Waals surface area contributed by atoms with Crippen LogP contribution in [0.4, 0.5) is 0 Å². The van der Waals surface area contributed by atoms with E-state index in [2.05, 4.69) is 4.98 Å². The van der Waals surface area contributed by atoms with E-state index in [4.69, 9.17) is 16.3 Å². The number of aromatic nitrogens is 1. The highest BCUT2D eigenvalue weighted by atomic mass is 35.5. The van der Waals surface area contributed by atoms with E-state index in [1.165, 1.54) is 0 Å². The number of halogens is 1. The maximum absolute atomic E-state index is 12.9. The van der Waals surface area contributed by atoms with Crippen molar-refractivity contribution in [1.82, 2.24) is 4.98 Å². The first-order chi connectivity index (χ1) is 17.9. The van der Waals surface area contributed by atoms with Crippen LogP contribution in [0.1, 0.15) is 12.5 Å². The molecule has 0 saturated carbocycles. The summed E-state index contributed by atoms with van der Waals surface area (Å²) in [6.07, 6.45) is 0.134. The van der Waals surface area contributed by atoms with Crippen LogP contribution in [0.25, 0.3) is 44.3 Å². The molecule has 0 radical (unpaired) electrons. The van der Waals surface area contributed by atoms with E-state index in [1.807, 2.05) is 78.9 Å². The van der Waals surface area contributed by atoms with E-state index in [-0.39, 0.29) is 23.7 Å². The number of hydrogen-bond acceptors (Lipinski definition) is 4. The topological polar surface area (TPSA) is 79.4 Å². The zero-order valence-electron chi connectivity index (χ0n) is 20.1. The highest BCUT2D eigenvalue weighted by Crippen LogP contribution is 2.37. The molecule has 5 nitrogen and oxygen atoms in total. The minimum Gasteiger partial charge on any atom is -0.507 e. The number of rotatable bonds is 6. The van der Waals surface area contributed by atoms with Gasteiger partial charge in [0.05, 0.1) is 18.1 Å². The Morgan fingerprint density at radius 3 is 2.32 bits per heavy atom. The molecule has 5 aromatic rings. The van der Waals surface area contributed by atoms with Crippen LogP contribution in [0, 0.1) is 0 Å². The first kappa shape index (κ1) is 24.3. The molecule has 37 heavy (non-hydrogen) atoms. The van der Waals surface area contributed by atoms with Gasteiger partial charge < -0.3 is 14.8 Å². The third kappa shape index (κ3) is 5.13. The third-order valence-corrected chi connectivity index (χ3v) is 6.53. The van der Waals surface area contributed by atoms with Crippen LogP contribution in [-0.4, -0.2) is 22.7 Å². The number of esters is 1. The summed E-state index contributed by atoms with van der Waals surface area (Å²) < 4.78 is 5.04. The lowest BCUT2D eigenvalue weighted by Gasteiger charge is -2.12. The Kier molecular flexibility index (Phi) is 6.80. The summed E-state index contributed by atoms with van der Waals surface area (Å²) >= 11 is 6.60. The van der Waals surface area contributed by atoms with Crippen molar-refractivity contribution in [3.63, 3.8) is 0 Å². The van der Waals surface area contributed by atoms with Gasteiger partial charge in [0.2, 0.25) is 0 Å². The molecule has 184 valence electrons. The summed E-state index contributed by atoms with van der Waals surface area (Å²) in [6.45, 7) is 2.09. The summed E-state index contributed by atoms with van der Waals surface area (Å²) in [4.78, 5) is 27.8. The number of fused-ring (bicyclic) bond motifs is 1. The average molecular weight is 510 g/mol. The number of aromatic hydroxyl groups is 1. The molecular formula is C31H24ClNO4. The van der Waals surface area contributed by atoms with Gasteiger partial charge in [-0.3, -0.25) is 9.59 Å². The second-order valence-electron chi connectivity index (χ2n) is 8.71. The summed E-state index contributed by atoms with van der Waals surface area (Å²) in [5, 5.41) is 12.0. The van der Waals surface area contributed by atoms with Gasteiger partial charge in [-0.25, -0.2) is 0 Å². The van der Waals surface area contributed by atoms with E-state index >= 15 is 0 Å². The van der Waals surface area contributed by atoms with Crippen molar-refractivity contribution in [2.24, 2.45) is 0 Å². The maximum Gasteiger partial charge on any atom is 0.310 e. The molecule has 0 amide bonds. The van der Waals surface area contributed by atoms with Gasteiger partial charge in [-0.05, 0) is 58.8 Å². The van der Waals surface area contributed by atoms with Crippen molar-refractivity contribution >= 4 is 28.5 Å². The third-order valence-electron chi connectivity index (χ3n) is 6.22. The first-order valence-electron chi connectivity index (χ1n) is 11.9. The minimum atomic E-state index is -0.312. The molecule has 1 aromatic heterocycles. The van der Waals surface area contributed by atoms with Crippen LogP contribution in [0.15, 0.2) is 95.8 Å². The fraction of sp³-hybridized carbons (Fsp3) is 0.0968. The van der Waals surface area contributed by atoms with Crippen molar-refractivity contribution in [1.29, 1.82) is 0 Å². The highest BCUT2D eigenvalue weighted by molar-refractivity contribution is 6.34. The maximum atomic E-state index is 12.9. The molecule has 1 heterocycles. The number of aromatic amines is 1. The molecule has 0 fully saturated rings. The number of carbonyl (C=O) groups excluding carboxylic acids is 1. The van der Waals surface area contributed by atoms with Crippen molar-refractivity contribution < 1.29 is 14.6 Å². The van der Waals surface area contributed by atoms with Gasteiger partial charge in [0.15, 0.2) is 0 Å². The molecule has 5 rings (SSSR count). The Bertz CT molecular complexity index is 1670. The minimum absolute atomic E-state index is 0.134. The molecule has 0 bridgehead atoms. The zero-order valence-corrected chi connectivity index (χ0v) is 20.9. The fourth-order valence-corrected chi connectivity index (χ4v) is 4.73. The molecule has 0 aliphatic carbocycles. The van der Waals surface area contributed by atoms with Gasteiger partial charge in [0, 0.05) is 22.2 Å². The van der Waals surface area contributed by atoms with Crippen molar-refractivity contribution in [3.05, 3.63) is 112 Å². The van der Waals surface area contributed by atoms with Crippen LogP contribution in [-0.2, 0) is 16.0 Å². The number of phenols is 1. The van der Waals surface area contributed by atoms with Crippen molar-refractivity contribution in [2.45, 2.75) is 13.3 Å². The predicted octanol–water partition coefficient (Wildman–Crippen LogP) is 6.99. The summed E-state index contributed by atoms with van der Waals surface area (Å²) in [5.41, 5.74) is 5.44. The number of ether oxygens (including phenoxy) is 1. The second kappa shape index (κ2) is 10.3. The van der Waals surface area contributed by atoms with Gasteiger partial charge in [-0.1, -0.05) is 78.3 Å². The van der Waals surface area contributed by atoms with Crippen molar-refractivity contribution in [2.75, 3.05) is 6.61 Å². The van der Waals surface area contributed by atoms with Crippen LogP contribution in [0.2, 0.25) is 5.02 Å². The average Bonchev–Trinajstić information content (AvgIpc) is 2.89. The number of carbonyl (C=O) groups is 1. The van der Waals surface area contributed by atoms with Gasteiger partial charge in [0.1, 0.15) is 5.75 Å². The van der Waals surface area contributed by atoms with Crippen LogP contribution < -0.4 is 5.56 Å². The largest absolute Gasteiger partial charge is 0.507 e. The highest BCUT2D eigenvalue weighted by Gasteiger charge is 2.13. The normalized spacial score (nSPS) is 11.0. The van der Waals surface area contributed by atoms with E-state index in [1.54, 1.807) is 19.1 Å². The number of pyridine rings is 1. The lowest BCUT2D eigenvalue weighted by molar-refractivity contribution is -0.142. The molecule has 0 aliphatic rings. The quantitative estimate of drug-likeness (QED) is 0.242. The van der Waals surface area contributed by atoms with Gasteiger partial charge in [0.25, 0.3) is 5.56 Å². The molecule has 0 atom stereocenters. The smallest absolute Gasteiger partial charge is 0.310 e. The van der Waals surface area contributed by atoms with Crippen molar-refractivity contribution in [3.8, 4) is 39.1 Å². The second-order valence-corrected chi connectivity index (χ2v) is 9.12. The number of phenolic OH excluding ortho intramolecular Hbond substituents is 1. The standard InChI is InChI=1S/C31H24ClNO4/c1-2-37-30(35)14-19-7-6-10-21(13-19)26-16-23-15-25(27(32)18-28(23)33-31(26)36)22-11-12-24(29(34)17-22)20-8-4-3-5-9-20/h3-13,15-18,34H,2,14H2,1H3,(H,33,36). The lowest BCUT2D eigenvalue weighted by atomic mass is 9.97. The number of benzene rings is 4. The molecule has 0 spiro atoms. The predicted molar refractivity (Wildman–Crippen MR) is 148 cm³/mol. The number of hydrogen-bond donors (Lipinski definition) is 2. The van der Waals surface area contributed by atoms with E-state index in [0.717, 1.165) is 33.2 Å². The molecular weight excluding hydrogens is 486 g/mol. The van der Waals surface area contributed by atoms with Crippen LogP contribution in [0.5, 0.6) is 5.75 Å². The zero-order chi connectivity index (χ0) is 25.9. The van der Waals surface area contributed by atoms with E-state index in [0.29, 0.717) is 28.3 Å². The number of H-pyrrole nitrogens is 1. The summed E-state index contributed by atoms with van der Waals surface area (Å²) in [5.74, 6) is -0.159. The van der Waals surface area contributed by atoms with Crippen LogP contribution in [0.3, 0.4) is 0 Å².